The van der Waals surface area contributed by atoms with Crippen LogP contribution < -0.4 is 9.47 Å². The lowest BCUT2D eigenvalue weighted by Crippen LogP contribution is -2.42. The molecule has 0 saturated carbocycles. The Balaban J connectivity index is 2.34. The molecule has 20 heavy (non-hydrogen) atoms. The summed E-state index contributed by atoms with van der Waals surface area (Å²) in [4.78, 5) is 14.6. The lowest BCUT2D eigenvalue weighted by Gasteiger charge is -2.33. The predicted octanol–water partition coefficient (Wildman–Crippen LogP) is 3.03. The SMILES string of the molecule is COc1cc(C(=O)N2CCCCC2C)cc(OC)c1C. The Labute approximate surface area is 120 Å². The van der Waals surface area contributed by atoms with E-state index in [4.69, 9.17) is 9.47 Å². The van der Waals surface area contributed by atoms with Crippen LogP contribution in [0.15, 0.2) is 12.1 Å². The third kappa shape index (κ3) is 2.74. The van der Waals surface area contributed by atoms with Crippen LogP contribution in [0.3, 0.4) is 0 Å². The largest absolute Gasteiger partial charge is 0.496 e. The molecular formula is C16H23NO3. The van der Waals surface area contributed by atoms with Gasteiger partial charge in [-0.2, -0.15) is 0 Å². The van der Waals surface area contributed by atoms with Crippen LogP contribution in [0.1, 0.15) is 42.1 Å². The highest BCUT2D eigenvalue weighted by Gasteiger charge is 2.25. The summed E-state index contributed by atoms with van der Waals surface area (Å²) in [5.41, 5.74) is 1.55. The van der Waals surface area contributed by atoms with Crippen LogP contribution in [-0.4, -0.2) is 37.6 Å². The molecular weight excluding hydrogens is 254 g/mol. The zero-order chi connectivity index (χ0) is 14.7. The molecule has 1 aliphatic heterocycles. The molecule has 1 fully saturated rings. The molecule has 0 aromatic heterocycles. The van der Waals surface area contributed by atoms with Crippen LogP contribution in [0.5, 0.6) is 11.5 Å². The molecule has 4 heteroatoms. The number of nitrogens with zero attached hydrogens (tertiary/aromatic N) is 1. The summed E-state index contributed by atoms with van der Waals surface area (Å²) in [7, 11) is 3.22. The van der Waals surface area contributed by atoms with Crippen molar-refractivity contribution < 1.29 is 14.3 Å². The van der Waals surface area contributed by atoms with E-state index in [1.807, 2.05) is 24.0 Å². The average Bonchev–Trinajstić information content (AvgIpc) is 2.47. The standard InChI is InChI=1S/C16H23NO3/c1-11-7-5-6-8-17(11)16(18)13-9-14(19-3)12(2)15(10-13)20-4/h9-11H,5-8H2,1-4H3. The summed E-state index contributed by atoms with van der Waals surface area (Å²) in [6.07, 6.45) is 3.35. The van der Waals surface area contributed by atoms with Gasteiger partial charge in [0, 0.05) is 23.7 Å². The third-order valence-electron chi connectivity index (χ3n) is 4.06. The van der Waals surface area contributed by atoms with Gasteiger partial charge in [-0.1, -0.05) is 0 Å². The summed E-state index contributed by atoms with van der Waals surface area (Å²) < 4.78 is 10.7. The molecule has 110 valence electrons. The van der Waals surface area contributed by atoms with Crippen molar-refractivity contribution in [2.45, 2.75) is 39.2 Å². The van der Waals surface area contributed by atoms with Crippen molar-refractivity contribution >= 4 is 5.91 Å². The van der Waals surface area contributed by atoms with Crippen LogP contribution in [0.25, 0.3) is 0 Å². The number of piperidine rings is 1. The van der Waals surface area contributed by atoms with Gasteiger partial charge in [0.1, 0.15) is 11.5 Å². The molecule has 1 aliphatic rings. The van der Waals surface area contributed by atoms with Crippen LogP contribution in [0.2, 0.25) is 0 Å². The summed E-state index contributed by atoms with van der Waals surface area (Å²) in [6.45, 7) is 4.87. The molecule has 1 aromatic rings. The highest BCUT2D eigenvalue weighted by molar-refractivity contribution is 5.95. The topological polar surface area (TPSA) is 38.8 Å². The maximum atomic E-state index is 12.7. The van der Waals surface area contributed by atoms with Crippen molar-refractivity contribution in [2.75, 3.05) is 20.8 Å². The van der Waals surface area contributed by atoms with Gasteiger partial charge in [0.2, 0.25) is 0 Å². The fourth-order valence-electron chi connectivity index (χ4n) is 2.78. The Bertz CT molecular complexity index is 473. The number of rotatable bonds is 3. The first kappa shape index (κ1) is 14.7. The highest BCUT2D eigenvalue weighted by Crippen LogP contribution is 2.31. The number of hydrogen-bond acceptors (Lipinski definition) is 3. The fraction of sp³-hybridized carbons (Fsp3) is 0.562. The number of carbonyl (C=O) groups excluding carboxylic acids is 1. The zero-order valence-electron chi connectivity index (χ0n) is 12.7. The van der Waals surface area contributed by atoms with E-state index in [0.717, 1.165) is 24.9 Å². The summed E-state index contributed by atoms with van der Waals surface area (Å²) in [5, 5.41) is 0. The first-order valence-corrected chi connectivity index (χ1v) is 7.12. The average molecular weight is 277 g/mol. The number of benzene rings is 1. The first-order chi connectivity index (χ1) is 9.58. The second-order valence-electron chi connectivity index (χ2n) is 5.35. The maximum absolute atomic E-state index is 12.7. The Morgan fingerprint density at radius 2 is 1.80 bits per heavy atom. The number of carbonyl (C=O) groups is 1. The maximum Gasteiger partial charge on any atom is 0.254 e. The van der Waals surface area contributed by atoms with Gasteiger partial charge in [0.25, 0.3) is 5.91 Å². The van der Waals surface area contributed by atoms with Gasteiger partial charge in [-0.15, -0.1) is 0 Å². The smallest absolute Gasteiger partial charge is 0.254 e. The van der Waals surface area contributed by atoms with Gasteiger partial charge in [-0.05, 0) is 45.2 Å². The zero-order valence-corrected chi connectivity index (χ0v) is 12.7. The van der Waals surface area contributed by atoms with E-state index in [-0.39, 0.29) is 5.91 Å². The van der Waals surface area contributed by atoms with Crippen LogP contribution >= 0.6 is 0 Å². The molecule has 0 radical (unpaired) electrons. The lowest BCUT2D eigenvalue weighted by atomic mass is 10.0. The number of amides is 1. The van der Waals surface area contributed by atoms with Crippen molar-refractivity contribution in [3.63, 3.8) is 0 Å². The molecule has 0 N–H and O–H groups in total. The molecule has 2 rings (SSSR count). The van der Waals surface area contributed by atoms with E-state index in [1.54, 1.807) is 14.2 Å². The Morgan fingerprint density at radius 1 is 1.20 bits per heavy atom. The van der Waals surface area contributed by atoms with E-state index < -0.39 is 0 Å². The van der Waals surface area contributed by atoms with E-state index >= 15 is 0 Å². The van der Waals surface area contributed by atoms with Gasteiger partial charge >= 0.3 is 0 Å². The summed E-state index contributed by atoms with van der Waals surface area (Å²) >= 11 is 0. The second kappa shape index (κ2) is 6.16. The number of likely N-dealkylation sites (tertiary alicyclic amines) is 1. The van der Waals surface area contributed by atoms with Crippen molar-refractivity contribution in [1.82, 2.24) is 4.90 Å². The van der Waals surface area contributed by atoms with E-state index in [0.29, 0.717) is 23.1 Å². The van der Waals surface area contributed by atoms with Crippen molar-refractivity contribution in [3.05, 3.63) is 23.3 Å². The molecule has 1 amide bonds. The summed E-state index contributed by atoms with van der Waals surface area (Å²) in [6, 6.07) is 3.91. The van der Waals surface area contributed by atoms with Gasteiger partial charge in [-0.3, -0.25) is 4.79 Å². The minimum absolute atomic E-state index is 0.0637. The van der Waals surface area contributed by atoms with Gasteiger partial charge < -0.3 is 14.4 Å². The van der Waals surface area contributed by atoms with E-state index in [2.05, 4.69) is 6.92 Å². The second-order valence-corrected chi connectivity index (χ2v) is 5.35. The normalized spacial score (nSPS) is 18.8. The van der Waals surface area contributed by atoms with Crippen LogP contribution in [0, 0.1) is 6.92 Å². The molecule has 1 unspecified atom stereocenters. The minimum Gasteiger partial charge on any atom is -0.496 e. The third-order valence-corrected chi connectivity index (χ3v) is 4.06. The molecule has 1 heterocycles. The van der Waals surface area contributed by atoms with Crippen molar-refractivity contribution in [1.29, 1.82) is 0 Å². The van der Waals surface area contributed by atoms with Crippen molar-refractivity contribution in [3.8, 4) is 11.5 Å². The molecule has 0 bridgehead atoms. The quantitative estimate of drug-likeness (QED) is 0.852. The molecule has 0 aliphatic carbocycles. The first-order valence-electron chi connectivity index (χ1n) is 7.12. The number of ether oxygens (including phenoxy) is 2. The minimum atomic E-state index is 0.0637. The number of hydrogen-bond donors (Lipinski definition) is 0. The number of methoxy groups -OCH3 is 2. The summed E-state index contributed by atoms with van der Waals surface area (Å²) in [5.74, 6) is 1.45. The monoisotopic (exact) mass is 277 g/mol. The molecule has 1 atom stereocenters. The Morgan fingerprint density at radius 3 is 2.30 bits per heavy atom. The van der Waals surface area contributed by atoms with Gasteiger partial charge in [0.15, 0.2) is 0 Å². The Hall–Kier alpha value is -1.71. The van der Waals surface area contributed by atoms with Crippen molar-refractivity contribution in [2.24, 2.45) is 0 Å². The Kier molecular flexibility index (Phi) is 4.53. The van der Waals surface area contributed by atoms with Crippen LogP contribution in [-0.2, 0) is 0 Å². The molecule has 0 spiro atoms. The van der Waals surface area contributed by atoms with Gasteiger partial charge in [-0.25, -0.2) is 0 Å². The lowest BCUT2D eigenvalue weighted by molar-refractivity contribution is 0.0635. The van der Waals surface area contributed by atoms with E-state index in [1.165, 1.54) is 6.42 Å². The van der Waals surface area contributed by atoms with E-state index in [9.17, 15) is 4.79 Å². The van der Waals surface area contributed by atoms with Crippen LogP contribution in [0.4, 0.5) is 0 Å². The molecule has 1 saturated heterocycles. The fourth-order valence-corrected chi connectivity index (χ4v) is 2.78. The van der Waals surface area contributed by atoms with Gasteiger partial charge in [0.05, 0.1) is 14.2 Å². The molecule has 1 aromatic carbocycles. The predicted molar refractivity (Wildman–Crippen MR) is 78.6 cm³/mol. The highest BCUT2D eigenvalue weighted by atomic mass is 16.5. The molecule has 4 nitrogen and oxygen atoms in total.